The molecular formula is C23H29NO5. The molecule has 0 aliphatic carbocycles. The Kier molecular flexibility index (Phi) is 7.95. The fourth-order valence-corrected chi connectivity index (χ4v) is 3.07. The van der Waals surface area contributed by atoms with Crippen molar-refractivity contribution >= 4 is 17.5 Å². The highest BCUT2D eigenvalue weighted by atomic mass is 16.5. The minimum absolute atomic E-state index is 0.0737. The molecule has 0 atom stereocenters. The van der Waals surface area contributed by atoms with Crippen molar-refractivity contribution in [3.63, 3.8) is 0 Å². The summed E-state index contributed by atoms with van der Waals surface area (Å²) in [5, 5.41) is 0. The highest BCUT2D eigenvalue weighted by Crippen LogP contribution is 2.39. The van der Waals surface area contributed by atoms with Gasteiger partial charge in [-0.1, -0.05) is 13.3 Å². The average molecular weight is 399 g/mol. The second kappa shape index (κ2) is 10.4. The Labute approximate surface area is 172 Å². The van der Waals surface area contributed by atoms with Crippen molar-refractivity contribution in [3.05, 3.63) is 47.0 Å². The molecule has 6 heteroatoms. The van der Waals surface area contributed by atoms with Gasteiger partial charge in [-0.15, -0.1) is 0 Å². The third-order valence-electron chi connectivity index (χ3n) is 4.41. The first-order chi connectivity index (χ1) is 14.0. The monoisotopic (exact) mass is 399 g/mol. The summed E-state index contributed by atoms with van der Waals surface area (Å²) in [6.45, 7) is 4.43. The summed E-state index contributed by atoms with van der Waals surface area (Å²) in [4.78, 5) is 13.1. The fraction of sp³-hybridized carbons (Fsp3) is 0.348. The minimum Gasteiger partial charge on any atom is -0.493 e. The Morgan fingerprint density at radius 1 is 0.966 bits per heavy atom. The van der Waals surface area contributed by atoms with Crippen LogP contribution in [-0.2, 0) is 0 Å². The number of hydrogen-bond donors (Lipinski definition) is 1. The summed E-state index contributed by atoms with van der Waals surface area (Å²) in [6.07, 6.45) is 3.31. The summed E-state index contributed by atoms with van der Waals surface area (Å²) >= 11 is 0. The van der Waals surface area contributed by atoms with Crippen LogP contribution < -0.4 is 24.7 Å². The number of nitrogen functional groups attached to an aromatic ring is 1. The first kappa shape index (κ1) is 22.1. The molecule has 156 valence electrons. The molecule has 0 bridgehead atoms. The van der Waals surface area contributed by atoms with Crippen LogP contribution in [0.1, 0.15) is 42.6 Å². The van der Waals surface area contributed by atoms with E-state index in [2.05, 4.69) is 0 Å². The molecule has 0 heterocycles. The normalized spacial score (nSPS) is 11.1. The highest BCUT2D eigenvalue weighted by molar-refractivity contribution is 6.11. The average Bonchev–Trinajstić information content (AvgIpc) is 2.73. The number of ketones is 1. The van der Waals surface area contributed by atoms with E-state index in [-0.39, 0.29) is 5.78 Å². The molecule has 2 aromatic rings. The minimum atomic E-state index is -0.0737. The highest BCUT2D eigenvalue weighted by Gasteiger charge is 2.16. The molecule has 0 radical (unpaired) electrons. The second-order valence-electron chi connectivity index (χ2n) is 6.39. The van der Waals surface area contributed by atoms with Crippen LogP contribution in [0.2, 0.25) is 0 Å². The van der Waals surface area contributed by atoms with Gasteiger partial charge in [-0.2, -0.15) is 0 Å². The lowest BCUT2D eigenvalue weighted by molar-refractivity contribution is 0.103. The van der Waals surface area contributed by atoms with Gasteiger partial charge in [0.2, 0.25) is 5.75 Å². The van der Waals surface area contributed by atoms with E-state index < -0.39 is 0 Å². The Balaban J connectivity index is 2.46. The SMILES string of the molecule is CCC/C(=C\c1cc(OC)c(OC)c(OC)c1)C(=O)c1ccc(OCC)c(N)c1. The van der Waals surface area contributed by atoms with Crippen LogP contribution in [0.15, 0.2) is 35.9 Å². The zero-order valence-corrected chi connectivity index (χ0v) is 17.7. The molecule has 6 nitrogen and oxygen atoms in total. The fourth-order valence-electron chi connectivity index (χ4n) is 3.07. The lowest BCUT2D eigenvalue weighted by Crippen LogP contribution is -2.06. The van der Waals surface area contributed by atoms with Crippen LogP contribution >= 0.6 is 0 Å². The van der Waals surface area contributed by atoms with E-state index in [9.17, 15) is 4.79 Å². The maximum atomic E-state index is 13.1. The number of Topliss-reactive ketones (excluding diaryl/α,β-unsaturated/α-hetero) is 1. The molecule has 0 unspecified atom stereocenters. The molecule has 2 rings (SSSR count). The number of ether oxygens (including phenoxy) is 4. The molecule has 0 aromatic heterocycles. The van der Waals surface area contributed by atoms with Gasteiger partial charge in [-0.25, -0.2) is 0 Å². The van der Waals surface area contributed by atoms with Crippen LogP contribution in [0.4, 0.5) is 5.69 Å². The van der Waals surface area contributed by atoms with Crippen LogP contribution in [0.25, 0.3) is 6.08 Å². The number of anilines is 1. The van der Waals surface area contributed by atoms with Gasteiger partial charge in [0, 0.05) is 11.1 Å². The maximum absolute atomic E-state index is 13.1. The molecule has 0 fully saturated rings. The van der Waals surface area contributed by atoms with Gasteiger partial charge < -0.3 is 24.7 Å². The largest absolute Gasteiger partial charge is 0.493 e. The van der Waals surface area contributed by atoms with Crippen molar-refractivity contribution in [1.82, 2.24) is 0 Å². The predicted octanol–water partition coefficient (Wildman–Crippen LogP) is 4.76. The van der Waals surface area contributed by atoms with Crippen molar-refractivity contribution in [2.75, 3.05) is 33.7 Å². The number of carbonyl (C=O) groups excluding carboxylic acids is 1. The van der Waals surface area contributed by atoms with Gasteiger partial charge in [0.15, 0.2) is 17.3 Å². The van der Waals surface area contributed by atoms with Crippen LogP contribution in [0, 0.1) is 0 Å². The molecule has 0 saturated heterocycles. The quantitative estimate of drug-likeness (QED) is 0.352. The molecule has 0 amide bonds. The molecule has 29 heavy (non-hydrogen) atoms. The lowest BCUT2D eigenvalue weighted by Gasteiger charge is -2.14. The van der Waals surface area contributed by atoms with Gasteiger partial charge >= 0.3 is 0 Å². The zero-order chi connectivity index (χ0) is 21.4. The van der Waals surface area contributed by atoms with E-state index in [0.717, 1.165) is 12.0 Å². The summed E-state index contributed by atoms with van der Waals surface area (Å²) in [7, 11) is 4.68. The van der Waals surface area contributed by atoms with Crippen molar-refractivity contribution < 1.29 is 23.7 Å². The lowest BCUT2D eigenvalue weighted by atomic mass is 9.96. The van der Waals surface area contributed by atoms with Crippen molar-refractivity contribution in [2.45, 2.75) is 26.7 Å². The molecular weight excluding hydrogens is 370 g/mol. The number of benzene rings is 2. The van der Waals surface area contributed by atoms with Crippen LogP contribution in [-0.4, -0.2) is 33.7 Å². The Bertz CT molecular complexity index is 864. The van der Waals surface area contributed by atoms with Gasteiger partial charge in [-0.3, -0.25) is 4.79 Å². The maximum Gasteiger partial charge on any atom is 0.203 e. The Morgan fingerprint density at radius 3 is 2.10 bits per heavy atom. The van der Waals surface area contributed by atoms with E-state index in [1.807, 2.05) is 32.1 Å². The summed E-state index contributed by atoms with van der Waals surface area (Å²) in [6, 6.07) is 8.76. The van der Waals surface area contributed by atoms with Crippen LogP contribution in [0.5, 0.6) is 23.0 Å². The zero-order valence-electron chi connectivity index (χ0n) is 17.7. The number of allylic oxidation sites excluding steroid dienone is 1. The molecule has 0 spiro atoms. The first-order valence-corrected chi connectivity index (χ1v) is 9.56. The second-order valence-corrected chi connectivity index (χ2v) is 6.39. The van der Waals surface area contributed by atoms with Gasteiger partial charge in [0.1, 0.15) is 5.75 Å². The first-order valence-electron chi connectivity index (χ1n) is 9.56. The van der Waals surface area contributed by atoms with E-state index >= 15 is 0 Å². The molecule has 0 saturated carbocycles. The number of rotatable bonds is 10. The number of methoxy groups -OCH3 is 3. The van der Waals surface area contributed by atoms with Crippen molar-refractivity contribution in [3.8, 4) is 23.0 Å². The molecule has 2 aromatic carbocycles. The van der Waals surface area contributed by atoms with Gasteiger partial charge in [0.25, 0.3) is 0 Å². The number of carbonyl (C=O) groups is 1. The smallest absolute Gasteiger partial charge is 0.203 e. The molecule has 2 N–H and O–H groups in total. The van der Waals surface area contributed by atoms with Gasteiger partial charge in [-0.05, 0) is 55.3 Å². The topological polar surface area (TPSA) is 80.0 Å². The van der Waals surface area contributed by atoms with Crippen molar-refractivity contribution in [2.24, 2.45) is 0 Å². The molecule has 0 aliphatic rings. The Hall–Kier alpha value is -3.15. The number of hydrogen-bond acceptors (Lipinski definition) is 6. The summed E-state index contributed by atoms with van der Waals surface area (Å²) in [5.41, 5.74) is 8.47. The third-order valence-corrected chi connectivity index (χ3v) is 4.41. The van der Waals surface area contributed by atoms with Gasteiger partial charge in [0.05, 0.1) is 33.6 Å². The summed E-state index contributed by atoms with van der Waals surface area (Å²) in [5.74, 6) is 2.08. The number of nitrogens with two attached hydrogens (primary N) is 1. The van der Waals surface area contributed by atoms with E-state index in [0.29, 0.717) is 52.8 Å². The third kappa shape index (κ3) is 5.22. The molecule has 0 aliphatic heterocycles. The van der Waals surface area contributed by atoms with Crippen molar-refractivity contribution in [1.29, 1.82) is 0 Å². The van der Waals surface area contributed by atoms with E-state index in [4.69, 9.17) is 24.7 Å². The standard InChI is InChI=1S/C23H29NO5/c1-6-8-16(22(25)17-9-10-19(29-7-2)18(24)14-17)11-15-12-20(26-3)23(28-5)21(13-15)27-4/h9-14H,6-8,24H2,1-5H3/b16-11+. The van der Waals surface area contributed by atoms with E-state index in [1.165, 1.54) is 0 Å². The summed E-state index contributed by atoms with van der Waals surface area (Å²) < 4.78 is 21.6. The Morgan fingerprint density at radius 2 is 1.62 bits per heavy atom. The van der Waals surface area contributed by atoms with E-state index in [1.54, 1.807) is 39.5 Å². The van der Waals surface area contributed by atoms with Crippen LogP contribution in [0.3, 0.4) is 0 Å². The predicted molar refractivity (Wildman–Crippen MR) is 115 cm³/mol.